The molecule has 9 nitrogen and oxygen atoms in total. The predicted molar refractivity (Wildman–Crippen MR) is 108 cm³/mol. The zero-order valence-electron chi connectivity index (χ0n) is 18.0. The van der Waals surface area contributed by atoms with Crippen molar-refractivity contribution in [3.8, 4) is 6.07 Å². The molecule has 0 aromatic carbocycles. The van der Waals surface area contributed by atoms with Crippen LogP contribution in [0.3, 0.4) is 0 Å². The molecule has 0 spiro atoms. The van der Waals surface area contributed by atoms with E-state index in [1.165, 1.54) is 17.7 Å². The zero-order valence-corrected chi connectivity index (χ0v) is 19.0. The van der Waals surface area contributed by atoms with Gasteiger partial charge in [0.1, 0.15) is 18.9 Å². The van der Waals surface area contributed by atoms with Crippen molar-refractivity contribution in [3.63, 3.8) is 0 Å². The van der Waals surface area contributed by atoms with E-state index in [0.717, 1.165) is 0 Å². The summed E-state index contributed by atoms with van der Waals surface area (Å²) in [6.45, 7) is 12.8. The summed E-state index contributed by atoms with van der Waals surface area (Å²) in [6, 6.07) is 2.11. The number of aromatic amines is 1. The van der Waals surface area contributed by atoms with E-state index in [0.29, 0.717) is 5.56 Å². The highest BCUT2D eigenvalue weighted by atomic mass is 28.4. The van der Waals surface area contributed by atoms with E-state index in [-0.39, 0.29) is 18.1 Å². The Morgan fingerprint density at radius 2 is 2.07 bits per heavy atom. The van der Waals surface area contributed by atoms with Gasteiger partial charge in [0.05, 0.1) is 6.10 Å². The number of carbonyl (C=O) groups excluding carboxylic acids is 1. The van der Waals surface area contributed by atoms with Gasteiger partial charge in [0, 0.05) is 25.1 Å². The summed E-state index contributed by atoms with van der Waals surface area (Å²) in [4.78, 5) is 37.6. The Hall–Kier alpha value is -2.22. The molecule has 29 heavy (non-hydrogen) atoms. The summed E-state index contributed by atoms with van der Waals surface area (Å²) in [6.07, 6.45) is 0.0428. The first kappa shape index (κ1) is 23.1. The van der Waals surface area contributed by atoms with Crippen molar-refractivity contribution in [2.45, 2.75) is 77.1 Å². The third kappa shape index (κ3) is 4.68. The molecular weight excluding hydrogens is 394 g/mol. The Morgan fingerprint density at radius 1 is 1.45 bits per heavy atom. The van der Waals surface area contributed by atoms with Crippen LogP contribution in [0.25, 0.3) is 0 Å². The average molecular weight is 424 g/mol. The maximum atomic E-state index is 12.3. The van der Waals surface area contributed by atoms with Crippen LogP contribution in [0.5, 0.6) is 0 Å². The van der Waals surface area contributed by atoms with Gasteiger partial charge >= 0.3 is 11.7 Å². The summed E-state index contributed by atoms with van der Waals surface area (Å²) >= 11 is 0. The van der Waals surface area contributed by atoms with Gasteiger partial charge < -0.3 is 13.9 Å². The van der Waals surface area contributed by atoms with Crippen LogP contribution in [0.2, 0.25) is 18.1 Å². The van der Waals surface area contributed by atoms with E-state index in [1.807, 2.05) is 13.1 Å². The van der Waals surface area contributed by atoms with E-state index in [2.05, 4.69) is 31.8 Å². The molecule has 0 saturated carbocycles. The molecule has 1 N–H and O–H groups in total. The third-order valence-corrected chi connectivity index (χ3v) is 10.1. The monoisotopic (exact) mass is 423 g/mol. The second-order valence-electron chi connectivity index (χ2n) is 8.94. The molecule has 10 heteroatoms. The fourth-order valence-electron chi connectivity index (χ4n) is 2.85. The van der Waals surface area contributed by atoms with Gasteiger partial charge in [-0.05, 0) is 25.1 Å². The Labute approximate surface area is 170 Å². The number of hydrogen-bond acceptors (Lipinski definition) is 7. The number of H-pyrrole nitrogens is 1. The lowest BCUT2D eigenvalue weighted by Gasteiger charge is -2.40. The van der Waals surface area contributed by atoms with Gasteiger partial charge in [-0.2, -0.15) is 5.26 Å². The molecular formula is C19H29N3O6Si. The molecule has 0 bridgehead atoms. The standard InChI is InChI=1S/C19H29N3O6Si/c1-12-9-22(17(25)21-16(12)24)15-8-14(28-29(6,7)18(3,4)5)19(10-20,27-15)11-26-13(2)23/h9,14-15H,8,11H2,1-7H3,(H,21,24,25)/t14?,15-,19-/m1/s1. The number of carbonyl (C=O) groups is 1. The van der Waals surface area contributed by atoms with Crippen LogP contribution in [-0.2, 0) is 18.7 Å². The van der Waals surface area contributed by atoms with Gasteiger partial charge in [0.25, 0.3) is 5.56 Å². The summed E-state index contributed by atoms with van der Waals surface area (Å²) in [5, 5.41) is 9.83. The average Bonchev–Trinajstić information content (AvgIpc) is 2.93. The van der Waals surface area contributed by atoms with Gasteiger partial charge in [-0.25, -0.2) is 4.79 Å². The lowest BCUT2D eigenvalue weighted by atomic mass is 10.00. The highest BCUT2D eigenvalue weighted by Gasteiger charge is 2.55. The molecule has 1 aliphatic heterocycles. The summed E-state index contributed by atoms with van der Waals surface area (Å²) < 4.78 is 18.8. The third-order valence-electron chi connectivity index (χ3n) is 5.66. The number of esters is 1. The Kier molecular flexibility index (Phi) is 6.28. The smallest absolute Gasteiger partial charge is 0.330 e. The van der Waals surface area contributed by atoms with Crippen molar-refractivity contribution in [2.75, 3.05) is 6.61 Å². The number of nitrogens with one attached hydrogen (secondary N) is 1. The van der Waals surface area contributed by atoms with Crippen LogP contribution in [0.15, 0.2) is 15.8 Å². The topological polar surface area (TPSA) is 123 Å². The molecule has 0 aliphatic carbocycles. The van der Waals surface area contributed by atoms with Crippen LogP contribution < -0.4 is 11.2 Å². The number of ether oxygens (including phenoxy) is 2. The van der Waals surface area contributed by atoms with Crippen molar-refractivity contribution >= 4 is 14.3 Å². The van der Waals surface area contributed by atoms with Crippen molar-refractivity contribution in [1.82, 2.24) is 9.55 Å². The number of aryl methyl sites for hydroxylation is 1. The summed E-state index contributed by atoms with van der Waals surface area (Å²) in [5.41, 5.74) is -2.35. The maximum Gasteiger partial charge on any atom is 0.330 e. The quantitative estimate of drug-likeness (QED) is 0.567. The van der Waals surface area contributed by atoms with Crippen molar-refractivity contribution in [3.05, 3.63) is 32.6 Å². The number of hydrogen-bond donors (Lipinski definition) is 1. The first-order valence-corrected chi connectivity index (χ1v) is 12.4. The second kappa shape index (κ2) is 7.89. The molecule has 160 valence electrons. The van der Waals surface area contributed by atoms with Crippen LogP contribution in [0.1, 0.15) is 45.9 Å². The highest BCUT2D eigenvalue weighted by molar-refractivity contribution is 6.74. The van der Waals surface area contributed by atoms with Gasteiger partial charge in [0.15, 0.2) is 8.32 Å². The van der Waals surface area contributed by atoms with Gasteiger partial charge in [-0.3, -0.25) is 19.1 Å². The van der Waals surface area contributed by atoms with Crippen LogP contribution in [0.4, 0.5) is 0 Å². The lowest BCUT2D eigenvalue weighted by molar-refractivity contribution is -0.153. The molecule has 3 atom stereocenters. The van der Waals surface area contributed by atoms with Crippen LogP contribution in [-0.4, -0.2) is 42.1 Å². The van der Waals surface area contributed by atoms with Gasteiger partial charge in [-0.15, -0.1) is 0 Å². The van der Waals surface area contributed by atoms with E-state index < -0.39 is 43.5 Å². The SMILES string of the molecule is CC(=O)OC[C@@]1(C#N)O[C@@H](n2cc(C)c(=O)[nH]c2=O)CC1O[Si](C)(C)C(C)(C)C. The largest absolute Gasteiger partial charge is 0.462 e. The van der Waals surface area contributed by atoms with Gasteiger partial charge in [-0.1, -0.05) is 20.8 Å². The molecule has 1 fully saturated rings. The number of rotatable bonds is 5. The minimum absolute atomic E-state index is 0.126. The maximum absolute atomic E-state index is 12.3. The van der Waals surface area contributed by atoms with Crippen molar-refractivity contribution in [1.29, 1.82) is 5.26 Å². The first-order valence-electron chi connectivity index (χ1n) is 9.45. The highest BCUT2D eigenvalue weighted by Crippen LogP contribution is 2.44. The van der Waals surface area contributed by atoms with E-state index in [1.54, 1.807) is 6.92 Å². The zero-order chi connectivity index (χ0) is 22.2. The molecule has 1 unspecified atom stereocenters. The Morgan fingerprint density at radius 3 is 2.59 bits per heavy atom. The summed E-state index contributed by atoms with van der Waals surface area (Å²) in [7, 11) is -2.31. The van der Waals surface area contributed by atoms with Crippen molar-refractivity contribution in [2.24, 2.45) is 0 Å². The number of nitriles is 1. The van der Waals surface area contributed by atoms with Crippen molar-refractivity contribution < 1.29 is 18.7 Å². The van der Waals surface area contributed by atoms with E-state index in [9.17, 15) is 19.6 Å². The molecule has 1 aliphatic rings. The van der Waals surface area contributed by atoms with E-state index >= 15 is 0 Å². The molecule has 2 rings (SSSR count). The van der Waals surface area contributed by atoms with Crippen LogP contribution >= 0.6 is 0 Å². The lowest BCUT2D eigenvalue weighted by Crippen LogP contribution is -2.52. The number of aromatic nitrogens is 2. The first-order chi connectivity index (χ1) is 13.2. The number of nitrogens with zero attached hydrogens (tertiary/aromatic N) is 2. The Bertz CT molecular complexity index is 939. The summed E-state index contributed by atoms with van der Waals surface area (Å²) in [5.74, 6) is -0.546. The minimum atomic E-state index is -2.31. The fraction of sp³-hybridized carbons (Fsp3) is 0.684. The normalized spacial score (nSPS) is 24.9. The van der Waals surface area contributed by atoms with Crippen LogP contribution in [0, 0.1) is 18.3 Å². The second-order valence-corrected chi connectivity index (χ2v) is 13.7. The molecule has 0 radical (unpaired) electrons. The Balaban J connectivity index is 2.47. The predicted octanol–water partition coefficient (Wildman–Crippen LogP) is 1.98. The minimum Gasteiger partial charge on any atom is -0.462 e. The van der Waals surface area contributed by atoms with Gasteiger partial charge in [0.2, 0.25) is 5.60 Å². The molecule has 1 aromatic heterocycles. The molecule has 1 aromatic rings. The van der Waals surface area contributed by atoms with E-state index in [4.69, 9.17) is 13.9 Å². The molecule has 1 saturated heterocycles. The fourth-order valence-corrected chi connectivity index (χ4v) is 4.20. The molecule has 0 amide bonds. The molecule has 2 heterocycles.